The van der Waals surface area contributed by atoms with Gasteiger partial charge in [0.1, 0.15) is 5.82 Å². The number of halogens is 1. The Labute approximate surface area is 208 Å². The number of rotatable bonds is 10. The fourth-order valence-corrected chi connectivity index (χ4v) is 5.01. The standard InChI is InChI=1S/C26H31FN4O3S/c1-29(14-11-25(32)33)12-2-13-31-24(19-35-26(31)28-22-7-5-21(27)6-8-22)20-3-9-23(10-4-20)30-15-17-34-18-16-30/h3-10,19H,2,11-18H2,1H3,(H,32,33). The molecule has 0 spiro atoms. The molecule has 0 unspecified atom stereocenters. The zero-order valence-corrected chi connectivity index (χ0v) is 20.7. The van der Waals surface area contributed by atoms with Crippen LogP contribution in [-0.4, -0.2) is 67.0 Å². The quantitative estimate of drug-likeness (QED) is 0.453. The summed E-state index contributed by atoms with van der Waals surface area (Å²) in [4.78, 5) is 20.8. The number of carboxylic acid groups (broad SMARTS) is 1. The number of carbonyl (C=O) groups is 1. The average molecular weight is 499 g/mol. The van der Waals surface area contributed by atoms with Crippen LogP contribution in [0.15, 0.2) is 58.9 Å². The van der Waals surface area contributed by atoms with Gasteiger partial charge in [0, 0.05) is 37.2 Å². The highest BCUT2D eigenvalue weighted by Crippen LogP contribution is 2.25. The fourth-order valence-electron chi connectivity index (χ4n) is 4.05. The van der Waals surface area contributed by atoms with E-state index in [1.54, 1.807) is 23.5 Å². The van der Waals surface area contributed by atoms with Crippen LogP contribution in [0.2, 0.25) is 0 Å². The van der Waals surface area contributed by atoms with Crippen LogP contribution in [0, 0.1) is 5.82 Å². The molecule has 0 atom stereocenters. The van der Waals surface area contributed by atoms with Crippen molar-refractivity contribution in [2.45, 2.75) is 19.4 Å². The van der Waals surface area contributed by atoms with Crippen LogP contribution in [0.25, 0.3) is 11.3 Å². The highest BCUT2D eigenvalue weighted by atomic mass is 32.1. The molecule has 35 heavy (non-hydrogen) atoms. The molecule has 0 amide bonds. The van der Waals surface area contributed by atoms with Gasteiger partial charge >= 0.3 is 5.97 Å². The zero-order chi connectivity index (χ0) is 24.6. The zero-order valence-electron chi connectivity index (χ0n) is 19.9. The Kier molecular flexibility index (Phi) is 8.68. The molecule has 4 rings (SSSR count). The molecule has 9 heteroatoms. The molecule has 1 aromatic heterocycles. The molecule has 1 aliphatic heterocycles. The van der Waals surface area contributed by atoms with Gasteiger partial charge in [-0.3, -0.25) is 4.79 Å². The molecule has 0 aliphatic carbocycles. The predicted molar refractivity (Wildman–Crippen MR) is 137 cm³/mol. The van der Waals surface area contributed by atoms with Gasteiger partial charge in [0.25, 0.3) is 0 Å². The Bertz CT molecular complexity index is 1170. The van der Waals surface area contributed by atoms with Crippen molar-refractivity contribution in [1.29, 1.82) is 0 Å². The summed E-state index contributed by atoms with van der Waals surface area (Å²) in [6.07, 6.45) is 0.982. The van der Waals surface area contributed by atoms with Crippen molar-refractivity contribution in [3.8, 4) is 11.3 Å². The lowest BCUT2D eigenvalue weighted by atomic mass is 10.1. The van der Waals surface area contributed by atoms with Gasteiger partial charge in [-0.1, -0.05) is 12.1 Å². The lowest BCUT2D eigenvalue weighted by Gasteiger charge is -2.29. The van der Waals surface area contributed by atoms with E-state index in [2.05, 4.69) is 39.1 Å². The first-order chi connectivity index (χ1) is 17.0. The van der Waals surface area contributed by atoms with Crippen LogP contribution in [0.3, 0.4) is 0 Å². The topological polar surface area (TPSA) is 70.3 Å². The summed E-state index contributed by atoms with van der Waals surface area (Å²) in [6.45, 7) is 5.33. The van der Waals surface area contributed by atoms with E-state index in [1.807, 2.05) is 11.9 Å². The molecule has 3 aromatic rings. The third-order valence-electron chi connectivity index (χ3n) is 6.02. The van der Waals surface area contributed by atoms with E-state index < -0.39 is 5.97 Å². The van der Waals surface area contributed by atoms with E-state index >= 15 is 0 Å². The molecule has 186 valence electrons. The summed E-state index contributed by atoms with van der Waals surface area (Å²) in [7, 11) is 1.94. The van der Waals surface area contributed by atoms with Crippen LogP contribution in [-0.2, 0) is 16.1 Å². The molecular weight excluding hydrogens is 467 g/mol. The second kappa shape index (κ2) is 12.1. The van der Waals surface area contributed by atoms with Crippen molar-refractivity contribution >= 4 is 28.7 Å². The number of anilines is 1. The van der Waals surface area contributed by atoms with Gasteiger partial charge in [-0.25, -0.2) is 9.38 Å². The second-order valence-corrected chi connectivity index (χ2v) is 9.43. The van der Waals surface area contributed by atoms with Gasteiger partial charge in [0.05, 0.1) is 31.0 Å². The first-order valence-electron chi connectivity index (χ1n) is 11.8. The van der Waals surface area contributed by atoms with Crippen molar-refractivity contribution in [3.63, 3.8) is 0 Å². The molecular formula is C26H31FN4O3S. The molecule has 2 heterocycles. The number of hydrogen-bond acceptors (Lipinski definition) is 6. The molecule has 1 saturated heterocycles. The Hall–Kier alpha value is -3.01. The number of ether oxygens (including phenoxy) is 1. The molecule has 1 aliphatic rings. The van der Waals surface area contributed by atoms with Crippen molar-refractivity contribution < 1.29 is 19.0 Å². The number of nitrogens with zero attached hydrogens (tertiary/aromatic N) is 4. The number of benzene rings is 2. The first kappa shape index (κ1) is 25.1. The van der Waals surface area contributed by atoms with Gasteiger partial charge in [-0.05, 0) is 62.0 Å². The van der Waals surface area contributed by atoms with Crippen molar-refractivity contribution in [3.05, 3.63) is 64.5 Å². The Balaban J connectivity index is 1.56. The summed E-state index contributed by atoms with van der Waals surface area (Å²) in [5.74, 6) is -1.07. The SMILES string of the molecule is CN(CCCn1c(-c2ccc(N3CCOCC3)cc2)csc1=Nc1ccc(F)cc1)CCC(=O)O. The summed E-state index contributed by atoms with van der Waals surface area (Å²) in [6, 6.07) is 14.8. The van der Waals surface area contributed by atoms with Gasteiger partial charge in [0.2, 0.25) is 0 Å². The smallest absolute Gasteiger partial charge is 0.304 e. The van der Waals surface area contributed by atoms with Crippen LogP contribution < -0.4 is 9.70 Å². The van der Waals surface area contributed by atoms with Crippen LogP contribution >= 0.6 is 11.3 Å². The van der Waals surface area contributed by atoms with Crippen molar-refractivity contribution in [1.82, 2.24) is 9.47 Å². The molecule has 1 fully saturated rings. The fraction of sp³-hybridized carbons (Fsp3) is 0.385. The lowest BCUT2D eigenvalue weighted by Crippen LogP contribution is -2.36. The van der Waals surface area contributed by atoms with E-state index in [0.29, 0.717) is 12.2 Å². The highest BCUT2D eigenvalue weighted by molar-refractivity contribution is 7.07. The lowest BCUT2D eigenvalue weighted by molar-refractivity contribution is -0.137. The molecule has 7 nitrogen and oxygen atoms in total. The maximum atomic E-state index is 13.4. The number of carboxylic acids is 1. The number of morpholine rings is 1. The van der Waals surface area contributed by atoms with Crippen LogP contribution in [0.4, 0.5) is 15.8 Å². The normalized spacial score (nSPS) is 14.6. The molecule has 0 saturated carbocycles. The Morgan fingerprint density at radius 2 is 1.83 bits per heavy atom. The van der Waals surface area contributed by atoms with Gasteiger partial charge < -0.3 is 24.2 Å². The van der Waals surface area contributed by atoms with Crippen LogP contribution in [0.5, 0.6) is 0 Å². The van der Waals surface area contributed by atoms with E-state index in [0.717, 1.165) is 61.9 Å². The minimum Gasteiger partial charge on any atom is -0.481 e. The van der Waals surface area contributed by atoms with Gasteiger partial charge in [0.15, 0.2) is 4.80 Å². The van der Waals surface area contributed by atoms with Gasteiger partial charge in [-0.15, -0.1) is 11.3 Å². The van der Waals surface area contributed by atoms with Crippen LogP contribution in [0.1, 0.15) is 12.8 Å². The maximum Gasteiger partial charge on any atom is 0.304 e. The predicted octanol–water partition coefficient (Wildman–Crippen LogP) is 4.22. The summed E-state index contributed by atoms with van der Waals surface area (Å²) < 4.78 is 21.0. The van der Waals surface area contributed by atoms with Crippen molar-refractivity contribution in [2.24, 2.45) is 4.99 Å². The maximum absolute atomic E-state index is 13.4. The number of hydrogen-bond donors (Lipinski definition) is 1. The second-order valence-electron chi connectivity index (χ2n) is 8.59. The minimum absolute atomic E-state index is 0.133. The molecule has 0 bridgehead atoms. The third kappa shape index (κ3) is 7.00. The Morgan fingerprint density at radius 3 is 2.51 bits per heavy atom. The largest absolute Gasteiger partial charge is 0.481 e. The van der Waals surface area contributed by atoms with Gasteiger partial charge in [-0.2, -0.15) is 0 Å². The Morgan fingerprint density at radius 1 is 1.11 bits per heavy atom. The number of aliphatic carboxylic acids is 1. The number of thiazole rings is 1. The molecule has 0 radical (unpaired) electrons. The summed E-state index contributed by atoms with van der Waals surface area (Å²) in [5.41, 5.74) is 4.08. The average Bonchev–Trinajstić information content (AvgIpc) is 3.27. The summed E-state index contributed by atoms with van der Waals surface area (Å²) >= 11 is 1.56. The van der Waals surface area contributed by atoms with E-state index in [9.17, 15) is 9.18 Å². The third-order valence-corrected chi connectivity index (χ3v) is 6.88. The van der Waals surface area contributed by atoms with E-state index in [4.69, 9.17) is 14.8 Å². The van der Waals surface area contributed by atoms with E-state index in [-0.39, 0.29) is 12.2 Å². The van der Waals surface area contributed by atoms with Crippen molar-refractivity contribution in [2.75, 3.05) is 51.3 Å². The summed E-state index contributed by atoms with van der Waals surface area (Å²) in [5, 5.41) is 11.0. The first-order valence-corrected chi connectivity index (χ1v) is 12.7. The molecule has 1 N–H and O–H groups in total. The monoisotopic (exact) mass is 498 g/mol. The molecule has 2 aromatic carbocycles. The minimum atomic E-state index is -0.785. The number of aromatic nitrogens is 1. The highest BCUT2D eigenvalue weighted by Gasteiger charge is 2.13. The van der Waals surface area contributed by atoms with E-state index in [1.165, 1.54) is 17.8 Å².